The number of hydrogen-bond acceptors (Lipinski definition) is 3. The van der Waals surface area contributed by atoms with E-state index in [9.17, 15) is 9.90 Å². The standard InChI is InChI=1S/C10H10ClNO2/c1-7(6-10(13)14)12-9-4-2-8(11)3-5-9/h2-6,12H,1H3,(H,13,14)/p-1/b7-6-. The number of benzene rings is 1. The van der Waals surface area contributed by atoms with Crippen molar-refractivity contribution >= 4 is 23.3 Å². The highest BCUT2D eigenvalue weighted by molar-refractivity contribution is 6.30. The molecule has 74 valence electrons. The summed E-state index contributed by atoms with van der Waals surface area (Å²) in [6.45, 7) is 1.64. The highest BCUT2D eigenvalue weighted by Crippen LogP contribution is 2.14. The van der Waals surface area contributed by atoms with Gasteiger partial charge in [0.1, 0.15) is 0 Å². The van der Waals surface area contributed by atoms with Gasteiger partial charge in [-0.25, -0.2) is 0 Å². The van der Waals surface area contributed by atoms with E-state index < -0.39 is 5.97 Å². The van der Waals surface area contributed by atoms with Crippen LogP contribution >= 0.6 is 11.6 Å². The summed E-state index contributed by atoms with van der Waals surface area (Å²) in [4.78, 5) is 10.2. The van der Waals surface area contributed by atoms with Crippen LogP contribution in [0.4, 0.5) is 5.69 Å². The van der Waals surface area contributed by atoms with Crippen LogP contribution in [0.15, 0.2) is 36.0 Å². The van der Waals surface area contributed by atoms with Crippen LogP contribution in [0.1, 0.15) is 6.92 Å². The Bertz CT molecular complexity index is 357. The maximum atomic E-state index is 10.2. The average molecular weight is 211 g/mol. The van der Waals surface area contributed by atoms with Crippen LogP contribution in [0.3, 0.4) is 0 Å². The van der Waals surface area contributed by atoms with Gasteiger partial charge in [0.15, 0.2) is 0 Å². The fourth-order valence-electron chi connectivity index (χ4n) is 0.974. The summed E-state index contributed by atoms with van der Waals surface area (Å²) in [5, 5.41) is 13.7. The number of hydrogen-bond donors (Lipinski definition) is 1. The minimum Gasteiger partial charge on any atom is -0.545 e. The number of anilines is 1. The number of carbonyl (C=O) groups is 1. The molecule has 1 rings (SSSR count). The topological polar surface area (TPSA) is 52.2 Å². The third-order valence-electron chi connectivity index (χ3n) is 1.52. The first-order valence-corrected chi connectivity index (χ1v) is 4.37. The monoisotopic (exact) mass is 210 g/mol. The van der Waals surface area contributed by atoms with E-state index in [-0.39, 0.29) is 0 Å². The summed E-state index contributed by atoms with van der Waals surface area (Å²) in [6, 6.07) is 6.95. The van der Waals surface area contributed by atoms with Crippen molar-refractivity contribution in [2.45, 2.75) is 6.92 Å². The number of nitrogens with one attached hydrogen (secondary N) is 1. The van der Waals surface area contributed by atoms with E-state index in [2.05, 4.69) is 5.32 Å². The van der Waals surface area contributed by atoms with Gasteiger partial charge < -0.3 is 15.2 Å². The minimum atomic E-state index is -1.22. The van der Waals surface area contributed by atoms with Crippen molar-refractivity contribution in [3.8, 4) is 0 Å². The molecule has 0 saturated carbocycles. The molecule has 0 aliphatic heterocycles. The largest absolute Gasteiger partial charge is 0.545 e. The van der Waals surface area contributed by atoms with Crippen molar-refractivity contribution in [2.75, 3.05) is 5.32 Å². The van der Waals surface area contributed by atoms with Crippen molar-refractivity contribution in [3.05, 3.63) is 41.1 Å². The Morgan fingerprint density at radius 3 is 2.50 bits per heavy atom. The maximum absolute atomic E-state index is 10.2. The first-order chi connectivity index (χ1) is 6.58. The van der Waals surface area contributed by atoms with Gasteiger partial charge in [0.2, 0.25) is 0 Å². The van der Waals surface area contributed by atoms with E-state index in [1.165, 1.54) is 0 Å². The van der Waals surface area contributed by atoms with Gasteiger partial charge >= 0.3 is 0 Å². The lowest BCUT2D eigenvalue weighted by molar-refractivity contribution is -0.297. The molecule has 0 unspecified atom stereocenters. The summed E-state index contributed by atoms with van der Waals surface area (Å²) < 4.78 is 0. The SMILES string of the molecule is C/C(=C/C(=O)[O-])Nc1ccc(Cl)cc1. The molecule has 1 N–H and O–H groups in total. The van der Waals surface area contributed by atoms with Crippen molar-refractivity contribution in [3.63, 3.8) is 0 Å². The van der Waals surface area contributed by atoms with Gasteiger partial charge in [0.25, 0.3) is 0 Å². The second-order valence-electron chi connectivity index (χ2n) is 2.78. The van der Waals surface area contributed by atoms with Crippen LogP contribution < -0.4 is 10.4 Å². The van der Waals surface area contributed by atoms with Crippen LogP contribution in [-0.4, -0.2) is 5.97 Å². The molecule has 0 aliphatic carbocycles. The van der Waals surface area contributed by atoms with Gasteiger partial charge in [-0.2, -0.15) is 0 Å². The minimum absolute atomic E-state index is 0.507. The fraction of sp³-hybridized carbons (Fsp3) is 0.100. The molecule has 14 heavy (non-hydrogen) atoms. The Balaban J connectivity index is 2.69. The quantitative estimate of drug-likeness (QED) is 0.768. The number of carboxylic acids is 1. The van der Waals surface area contributed by atoms with E-state index in [1.807, 2.05) is 0 Å². The number of halogens is 1. The molecule has 0 saturated heterocycles. The Labute approximate surface area is 87.0 Å². The van der Waals surface area contributed by atoms with Gasteiger partial charge in [0.05, 0.1) is 5.97 Å². The van der Waals surface area contributed by atoms with Crippen LogP contribution in [0, 0.1) is 0 Å². The van der Waals surface area contributed by atoms with Gasteiger partial charge in [-0.3, -0.25) is 0 Å². The smallest absolute Gasteiger partial charge is 0.0660 e. The molecule has 0 aromatic heterocycles. The predicted octanol–water partition coefficient (Wildman–Crippen LogP) is 1.41. The van der Waals surface area contributed by atoms with Gasteiger partial charge in [-0.05, 0) is 37.3 Å². The lowest BCUT2D eigenvalue weighted by atomic mass is 10.3. The van der Waals surface area contributed by atoms with Crippen LogP contribution in [0.25, 0.3) is 0 Å². The zero-order chi connectivity index (χ0) is 10.6. The molecule has 1 aromatic rings. The Morgan fingerprint density at radius 1 is 1.43 bits per heavy atom. The molecule has 4 heteroatoms. The predicted molar refractivity (Wildman–Crippen MR) is 53.8 cm³/mol. The van der Waals surface area contributed by atoms with Crippen LogP contribution in [-0.2, 0) is 4.79 Å². The van der Waals surface area contributed by atoms with Gasteiger partial charge in [-0.1, -0.05) is 11.6 Å². The third-order valence-corrected chi connectivity index (χ3v) is 1.77. The van der Waals surface area contributed by atoms with Crippen molar-refractivity contribution in [2.24, 2.45) is 0 Å². The van der Waals surface area contributed by atoms with Gasteiger partial charge in [-0.15, -0.1) is 0 Å². The van der Waals surface area contributed by atoms with Crippen molar-refractivity contribution < 1.29 is 9.90 Å². The second kappa shape index (κ2) is 4.67. The van der Waals surface area contributed by atoms with E-state index >= 15 is 0 Å². The second-order valence-corrected chi connectivity index (χ2v) is 3.21. The number of aliphatic carboxylic acids is 1. The van der Waals surface area contributed by atoms with Gasteiger partial charge in [0, 0.05) is 16.4 Å². The number of allylic oxidation sites excluding steroid dienone is 1. The molecule has 0 radical (unpaired) electrons. The summed E-state index contributed by atoms with van der Waals surface area (Å²) >= 11 is 5.69. The van der Waals surface area contributed by atoms with Crippen LogP contribution in [0.5, 0.6) is 0 Å². The molecular formula is C10H9ClNO2-. The molecular weight excluding hydrogens is 202 g/mol. The maximum Gasteiger partial charge on any atom is 0.0660 e. The summed E-state index contributed by atoms with van der Waals surface area (Å²) in [7, 11) is 0. The van der Waals surface area contributed by atoms with Crippen molar-refractivity contribution in [1.29, 1.82) is 0 Å². The summed E-state index contributed by atoms with van der Waals surface area (Å²) in [6.07, 6.45) is 0.995. The van der Waals surface area contributed by atoms with E-state index in [0.717, 1.165) is 11.8 Å². The highest BCUT2D eigenvalue weighted by atomic mass is 35.5. The molecule has 0 fully saturated rings. The summed E-state index contributed by atoms with van der Waals surface area (Å²) in [5.74, 6) is -1.22. The number of carboxylic acid groups (broad SMARTS) is 1. The zero-order valence-corrected chi connectivity index (χ0v) is 8.34. The first kappa shape index (κ1) is 10.6. The van der Waals surface area contributed by atoms with E-state index in [4.69, 9.17) is 11.6 Å². The highest BCUT2D eigenvalue weighted by Gasteiger charge is 1.92. The molecule has 0 bridgehead atoms. The fourth-order valence-corrected chi connectivity index (χ4v) is 1.10. The van der Waals surface area contributed by atoms with Crippen LogP contribution in [0.2, 0.25) is 5.02 Å². The molecule has 0 atom stereocenters. The average Bonchev–Trinajstić information content (AvgIpc) is 2.07. The molecule has 0 aliphatic rings. The normalized spacial score (nSPS) is 11.1. The molecule has 1 aromatic carbocycles. The lowest BCUT2D eigenvalue weighted by Gasteiger charge is -2.06. The summed E-state index contributed by atoms with van der Waals surface area (Å²) in [5.41, 5.74) is 1.29. The number of carbonyl (C=O) groups excluding carboxylic acids is 1. The number of rotatable bonds is 3. The lowest BCUT2D eigenvalue weighted by Crippen LogP contribution is -2.20. The first-order valence-electron chi connectivity index (χ1n) is 4.00. The Hall–Kier alpha value is -1.48. The molecule has 0 spiro atoms. The third kappa shape index (κ3) is 3.49. The Kier molecular flexibility index (Phi) is 3.54. The Morgan fingerprint density at radius 2 is 2.00 bits per heavy atom. The van der Waals surface area contributed by atoms with Crippen molar-refractivity contribution in [1.82, 2.24) is 0 Å². The molecule has 0 heterocycles. The molecule has 0 amide bonds. The van der Waals surface area contributed by atoms with E-state index in [1.54, 1.807) is 31.2 Å². The molecule has 3 nitrogen and oxygen atoms in total. The zero-order valence-electron chi connectivity index (χ0n) is 7.58. The van der Waals surface area contributed by atoms with E-state index in [0.29, 0.717) is 10.7 Å².